The molecule has 0 bridgehead atoms. The van der Waals surface area contributed by atoms with E-state index in [1.54, 1.807) is 26.2 Å². The van der Waals surface area contributed by atoms with E-state index in [4.69, 9.17) is 14.0 Å². The normalized spacial score (nSPS) is 12.6. The average molecular weight is 555 g/mol. The van der Waals surface area contributed by atoms with E-state index in [1.165, 1.54) is 12.1 Å². The van der Waals surface area contributed by atoms with Crippen LogP contribution in [-0.4, -0.2) is 30.7 Å². The van der Waals surface area contributed by atoms with Gasteiger partial charge in [0.2, 0.25) is 0 Å². The number of aryl methyl sites for hydroxylation is 1. The highest BCUT2D eigenvalue weighted by atomic mass is 31.1. The third-order valence-corrected chi connectivity index (χ3v) is 6.04. The molecule has 38 heavy (non-hydrogen) atoms. The lowest BCUT2D eigenvalue weighted by atomic mass is 10.0. The standard InChI is InChI=1S/C27H34F3N2O5P/c1-19(2)37-26-11-9-20(17-23(26)27(28,29)30)6-3-13-32-24-10-8-21(16-22(24)25-7-4-14-35-25)18-31-12-5-15-36-38(33)34/h4,7-11,14,16-17,19,31-32,38H,3,5-6,12-13,15,18H2,1-2H3,(H,33,34). The molecule has 1 aromatic heterocycles. The maximum Gasteiger partial charge on any atom is 0.419 e. The fourth-order valence-corrected chi connectivity index (χ4v) is 4.23. The van der Waals surface area contributed by atoms with Crippen molar-refractivity contribution in [3.8, 4) is 17.1 Å². The Kier molecular flexibility index (Phi) is 11.3. The molecule has 1 heterocycles. The summed E-state index contributed by atoms with van der Waals surface area (Å²) in [5.41, 5.74) is 2.62. The molecule has 1 atom stereocenters. The van der Waals surface area contributed by atoms with Crippen LogP contribution in [0.1, 0.15) is 43.4 Å². The van der Waals surface area contributed by atoms with Crippen LogP contribution in [0.2, 0.25) is 0 Å². The molecule has 0 aliphatic carbocycles. The summed E-state index contributed by atoms with van der Waals surface area (Å²) >= 11 is 0. The molecular formula is C27H34F3N2O5P. The summed E-state index contributed by atoms with van der Waals surface area (Å²) in [5, 5.41) is 6.66. The van der Waals surface area contributed by atoms with Gasteiger partial charge >= 0.3 is 14.4 Å². The van der Waals surface area contributed by atoms with Gasteiger partial charge < -0.3 is 29.2 Å². The molecule has 1 unspecified atom stereocenters. The van der Waals surface area contributed by atoms with Gasteiger partial charge in [0.05, 0.1) is 24.5 Å². The predicted octanol–water partition coefficient (Wildman–Crippen LogP) is 6.68. The summed E-state index contributed by atoms with van der Waals surface area (Å²) in [7, 11) is -2.89. The summed E-state index contributed by atoms with van der Waals surface area (Å²) in [6.07, 6.45) is -1.52. The van der Waals surface area contributed by atoms with E-state index in [0.717, 1.165) is 16.8 Å². The van der Waals surface area contributed by atoms with Gasteiger partial charge in [-0.3, -0.25) is 4.57 Å². The Hall–Kier alpha value is -2.78. The molecule has 208 valence electrons. The topological polar surface area (TPSA) is 93.0 Å². The van der Waals surface area contributed by atoms with Crippen LogP contribution >= 0.6 is 8.25 Å². The van der Waals surface area contributed by atoms with Crippen molar-refractivity contribution >= 4 is 13.9 Å². The Morgan fingerprint density at radius 2 is 1.84 bits per heavy atom. The van der Waals surface area contributed by atoms with E-state index in [2.05, 4.69) is 15.2 Å². The van der Waals surface area contributed by atoms with E-state index in [0.29, 0.717) is 50.2 Å². The molecule has 0 saturated carbocycles. The largest absolute Gasteiger partial charge is 0.490 e. The Morgan fingerprint density at radius 3 is 2.53 bits per heavy atom. The molecule has 3 rings (SSSR count). The van der Waals surface area contributed by atoms with Crippen LogP contribution in [0.15, 0.2) is 59.2 Å². The number of benzene rings is 2. The fourth-order valence-electron chi connectivity index (χ4n) is 3.91. The van der Waals surface area contributed by atoms with Crippen LogP contribution in [0, 0.1) is 0 Å². The Bertz CT molecular complexity index is 1170. The van der Waals surface area contributed by atoms with Crippen LogP contribution in [0.3, 0.4) is 0 Å². The number of rotatable bonds is 15. The minimum Gasteiger partial charge on any atom is -0.490 e. The van der Waals surface area contributed by atoms with E-state index < -0.39 is 20.0 Å². The number of halogens is 3. The first-order valence-electron chi connectivity index (χ1n) is 12.5. The number of anilines is 1. The lowest BCUT2D eigenvalue weighted by Crippen LogP contribution is -2.16. The van der Waals surface area contributed by atoms with Gasteiger partial charge in [-0.2, -0.15) is 13.2 Å². The highest BCUT2D eigenvalue weighted by Gasteiger charge is 2.34. The molecule has 0 saturated heterocycles. The van der Waals surface area contributed by atoms with Crippen molar-refractivity contribution < 1.29 is 36.3 Å². The van der Waals surface area contributed by atoms with Gasteiger partial charge in [-0.15, -0.1) is 0 Å². The van der Waals surface area contributed by atoms with Crippen LogP contribution in [-0.2, 0) is 28.2 Å². The predicted molar refractivity (Wildman–Crippen MR) is 142 cm³/mol. The second kappa shape index (κ2) is 14.4. The van der Waals surface area contributed by atoms with Gasteiger partial charge in [-0.25, -0.2) is 0 Å². The lowest BCUT2D eigenvalue weighted by molar-refractivity contribution is -0.139. The number of furan rings is 1. The minimum absolute atomic E-state index is 0.150. The van der Waals surface area contributed by atoms with Crippen molar-refractivity contribution in [3.05, 3.63) is 71.5 Å². The smallest absolute Gasteiger partial charge is 0.419 e. The Balaban J connectivity index is 1.58. The Labute approximate surface area is 221 Å². The van der Waals surface area contributed by atoms with E-state index in [9.17, 15) is 17.7 Å². The highest BCUT2D eigenvalue weighted by molar-refractivity contribution is 7.32. The van der Waals surface area contributed by atoms with Crippen molar-refractivity contribution in [2.45, 2.75) is 51.9 Å². The van der Waals surface area contributed by atoms with Crippen molar-refractivity contribution in [3.63, 3.8) is 0 Å². The fraction of sp³-hybridized carbons (Fsp3) is 0.407. The monoisotopic (exact) mass is 554 g/mol. The van der Waals surface area contributed by atoms with Gasteiger partial charge in [0.25, 0.3) is 0 Å². The van der Waals surface area contributed by atoms with E-state index in [1.807, 2.05) is 30.3 Å². The molecule has 2 aromatic carbocycles. The molecule has 0 aliphatic rings. The summed E-state index contributed by atoms with van der Waals surface area (Å²) in [6.45, 7) is 5.40. The first-order chi connectivity index (χ1) is 18.1. The number of hydrogen-bond acceptors (Lipinski definition) is 6. The molecule has 0 aliphatic heterocycles. The quantitative estimate of drug-likeness (QED) is 0.143. The average Bonchev–Trinajstić information content (AvgIpc) is 3.39. The molecule has 0 radical (unpaired) electrons. The third kappa shape index (κ3) is 9.51. The molecule has 0 spiro atoms. The molecule has 7 nitrogen and oxygen atoms in total. The van der Waals surface area contributed by atoms with Gasteiger partial charge in [0.1, 0.15) is 11.5 Å². The Morgan fingerprint density at radius 1 is 1.05 bits per heavy atom. The molecule has 0 amide bonds. The zero-order valence-electron chi connectivity index (χ0n) is 21.4. The molecule has 0 fully saturated rings. The van der Waals surface area contributed by atoms with Crippen molar-refractivity contribution in [1.29, 1.82) is 0 Å². The molecule has 3 aromatic rings. The number of alkyl halides is 3. The van der Waals surface area contributed by atoms with Crippen molar-refractivity contribution in [1.82, 2.24) is 5.32 Å². The maximum absolute atomic E-state index is 13.5. The van der Waals surface area contributed by atoms with Gasteiger partial charge in [0.15, 0.2) is 0 Å². The second-order valence-corrected chi connectivity index (χ2v) is 9.85. The van der Waals surface area contributed by atoms with E-state index >= 15 is 0 Å². The zero-order chi connectivity index (χ0) is 27.5. The van der Waals surface area contributed by atoms with Crippen molar-refractivity contribution in [2.24, 2.45) is 0 Å². The van der Waals surface area contributed by atoms with Gasteiger partial charge in [-0.05, 0) is 87.2 Å². The second-order valence-electron chi connectivity index (χ2n) is 9.03. The van der Waals surface area contributed by atoms with Crippen LogP contribution in [0.25, 0.3) is 11.3 Å². The van der Waals surface area contributed by atoms with Crippen LogP contribution < -0.4 is 15.4 Å². The van der Waals surface area contributed by atoms with E-state index in [-0.39, 0.29) is 18.5 Å². The first-order valence-corrected chi connectivity index (χ1v) is 13.7. The van der Waals surface area contributed by atoms with Crippen LogP contribution in [0.5, 0.6) is 5.75 Å². The summed E-state index contributed by atoms with van der Waals surface area (Å²) in [5.74, 6) is 0.550. The molecular weight excluding hydrogens is 520 g/mol. The third-order valence-electron chi connectivity index (χ3n) is 5.59. The number of ether oxygens (including phenoxy) is 1. The number of hydrogen-bond donors (Lipinski definition) is 3. The van der Waals surface area contributed by atoms with Gasteiger partial charge in [-0.1, -0.05) is 12.1 Å². The first kappa shape index (κ1) is 29.8. The number of nitrogens with one attached hydrogen (secondary N) is 2. The lowest BCUT2D eigenvalue weighted by Gasteiger charge is -2.17. The maximum atomic E-state index is 13.5. The van der Waals surface area contributed by atoms with Crippen molar-refractivity contribution in [2.75, 3.05) is 25.0 Å². The summed E-state index contributed by atoms with van der Waals surface area (Å²) in [4.78, 5) is 8.69. The highest BCUT2D eigenvalue weighted by Crippen LogP contribution is 2.37. The summed E-state index contributed by atoms with van der Waals surface area (Å²) in [6, 6.07) is 13.9. The summed E-state index contributed by atoms with van der Waals surface area (Å²) < 4.78 is 66.8. The molecule has 11 heteroatoms. The van der Waals surface area contributed by atoms with Crippen LogP contribution in [0.4, 0.5) is 18.9 Å². The zero-order valence-corrected chi connectivity index (χ0v) is 22.4. The molecule has 3 N–H and O–H groups in total. The minimum atomic E-state index is -4.48. The SMILES string of the molecule is CC(C)Oc1ccc(CCCNc2ccc(CNCCCO[PH](=O)O)cc2-c2ccco2)cc1C(F)(F)F. The van der Waals surface area contributed by atoms with Gasteiger partial charge in [0, 0.05) is 24.3 Å².